The van der Waals surface area contributed by atoms with Gasteiger partial charge in [-0.15, -0.1) is 0 Å². The summed E-state index contributed by atoms with van der Waals surface area (Å²) in [5.74, 6) is 0.226. The Bertz CT molecular complexity index is 1080. The van der Waals surface area contributed by atoms with Gasteiger partial charge in [-0.2, -0.15) is 0 Å². The zero-order chi connectivity index (χ0) is 21.5. The highest BCUT2D eigenvalue weighted by atomic mass is 16.6. The van der Waals surface area contributed by atoms with Crippen LogP contribution in [0.4, 0.5) is 5.69 Å². The molecule has 0 atom stereocenters. The molecule has 3 rings (SSSR count). The van der Waals surface area contributed by atoms with E-state index in [-0.39, 0.29) is 22.8 Å². The molecular weight excluding hydrogens is 388 g/mol. The Kier molecular flexibility index (Phi) is 6.79. The Morgan fingerprint density at radius 1 is 1.07 bits per heavy atom. The number of unbranched alkanes of at least 4 members (excludes halogenated alkanes) is 3. The number of non-ortho nitro benzene ring substituents is 1. The summed E-state index contributed by atoms with van der Waals surface area (Å²) in [6.07, 6.45) is 4.44. The normalized spacial score (nSPS) is 10.7. The van der Waals surface area contributed by atoms with E-state index < -0.39 is 16.3 Å². The first kappa shape index (κ1) is 21.0. The van der Waals surface area contributed by atoms with Crippen molar-refractivity contribution < 1.29 is 19.2 Å². The van der Waals surface area contributed by atoms with Crippen LogP contribution in [0.25, 0.3) is 22.7 Å². The Morgan fingerprint density at radius 3 is 2.53 bits per heavy atom. The molecule has 8 heteroatoms. The maximum atomic E-state index is 12.2. The van der Waals surface area contributed by atoms with Crippen molar-refractivity contribution in [1.29, 1.82) is 0 Å². The summed E-state index contributed by atoms with van der Waals surface area (Å²) in [7, 11) is 0. The molecule has 0 spiro atoms. The number of hydrogen-bond acceptors (Lipinski definition) is 7. The SMILES string of the molecule is CCCCCCOc1ccc(-c2nc(-c3cc([N+](=O)[O-])ccc3[O-])cc(=O)o2)cc1. The molecule has 156 valence electrons. The van der Waals surface area contributed by atoms with Crippen molar-refractivity contribution in [2.45, 2.75) is 32.6 Å². The fourth-order valence-electron chi connectivity index (χ4n) is 2.91. The van der Waals surface area contributed by atoms with Gasteiger partial charge in [0.1, 0.15) is 5.75 Å². The van der Waals surface area contributed by atoms with E-state index in [0.717, 1.165) is 43.5 Å². The Labute approximate surface area is 172 Å². The first-order valence-corrected chi connectivity index (χ1v) is 9.69. The minimum Gasteiger partial charge on any atom is -0.872 e. The smallest absolute Gasteiger partial charge is 0.339 e. The van der Waals surface area contributed by atoms with Crippen LogP contribution in [0.5, 0.6) is 11.5 Å². The molecule has 0 aliphatic heterocycles. The average molecular weight is 409 g/mol. The zero-order valence-electron chi connectivity index (χ0n) is 16.5. The van der Waals surface area contributed by atoms with Gasteiger partial charge in [0.15, 0.2) is 0 Å². The van der Waals surface area contributed by atoms with E-state index in [2.05, 4.69) is 11.9 Å². The van der Waals surface area contributed by atoms with E-state index in [9.17, 15) is 20.0 Å². The number of aromatic nitrogens is 1. The minimum atomic E-state index is -0.711. The lowest BCUT2D eigenvalue weighted by atomic mass is 10.1. The molecule has 0 unspecified atom stereocenters. The second-order valence-electron chi connectivity index (χ2n) is 6.74. The highest BCUT2D eigenvalue weighted by Gasteiger charge is 2.13. The number of ether oxygens (including phenoxy) is 1. The quantitative estimate of drug-likeness (QED) is 0.293. The molecule has 0 aliphatic carbocycles. The Balaban J connectivity index is 1.83. The van der Waals surface area contributed by atoms with Gasteiger partial charge in [-0.05, 0) is 36.2 Å². The predicted molar refractivity (Wildman–Crippen MR) is 109 cm³/mol. The van der Waals surface area contributed by atoms with Crippen LogP contribution >= 0.6 is 0 Å². The minimum absolute atomic E-state index is 0.0119. The number of nitrogens with zero attached hydrogens (tertiary/aromatic N) is 2. The van der Waals surface area contributed by atoms with Gasteiger partial charge < -0.3 is 14.3 Å². The lowest BCUT2D eigenvalue weighted by Gasteiger charge is -2.12. The monoisotopic (exact) mass is 409 g/mol. The van der Waals surface area contributed by atoms with Crippen LogP contribution in [-0.2, 0) is 0 Å². The second kappa shape index (κ2) is 9.69. The summed E-state index contributed by atoms with van der Waals surface area (Å²) in [4.78, 5) is 26.6. The Hall–Kier alpha value is -3.68. The first-order chi connectivity index (χ1) is 14.5. The molecule has 0 aliphatic rings. The maximum absolute atomic E-state index is 12.2. The van der Waals surface area contributed by atoms with Crippen molar-refractivity contribution >= 4 is 5.69 Å². The predicted octanol–water partition coefficient (Wildman–Crippen LogP) is 4.31. The lowest BCUT2D eigenvalue weighted by Crippen LogP contribution is -2.04. The third-order valence-electron chi connectivity index (χ3n) is 4.49. The maximum Gasteiger partial charge on any atom is 0.339 e. The van der Waals surface area contributed by atoms with Crippen LogP contribution in [0.3, 0.4) is 0 Å². The summed E-state index contributed by atoms with van der Waals surface area (Å²) in [6, 6.07) is 11.2. The molecule has 0 bridgehead atoms. The molecule has 3 aromatic rings. The van der Waals surface area contributed by atoms with Crippen molar-refractivity contribution in [2.75, 3.05) is 6.61 Å². The van der Waals surface area contributed by atoms with Gasteiger partial charge in [-0.1, -0.05) is 38.0 Å². The molecular formula is C22H21N2O6-. The van der Waals surface area contributed by atoms with Crippen molar-refractivity contribution in [3.8, 4) is 34.2 Å². The fourth-order valence-corrected chi connectivity index (χ4v) is 2.91. The summed E-state index contributed by atoms with van der Waals surface area (Å²) in [5, 5.41) is 23.2. The van der Waals surface area contributed by atoms with Gasteiger partial charge in [0.2, 0.25) is 5.89 Å². The number of benzene rings is 2. The van der Waals surface area contributed by atoms with Crippen molar-refractivity contribution in [3.05, 3.63) is 69.1 Å². The molecule has 0 amide bonds. The van der Waals surface area contributed by atoms with E-state index in [4.69, 9.17) is 9.15 Å². The fraction of sp³-hybridized carbons (Fsp3) is 0.273. The third-order valence-corrected chi connectivity index (χ3v) is 4.49. The number of rotatable bonds is 9. The summed E-state index contributed by atoms with van der Waals surface area (Å²) in [6.45, 7) is 2.78. The summed E-state index contributed by atoms with van der Waals surface area (Å²) in [5.41, 5.74) is -0.472. The van der Waals surface area contributed by atoms with Crippen LogP contribution < -0.4 is 15.5 Å². The second-order valence-corrected chi connectivity index (χ2v) is 6.74. The highest BCUT2D eigenvalue weighted by molar-refractivity contribution is 5.70. The molecule has 1 aromatic heterocycles. The molecule has 8 nitrogen and oxygen atoms in total. The molecule has 30 heavy (non-hydrogen) atoms. The van der Waals surface area contributed by atoms with E-state index in [1.807, 2.05) is 0 Å². The number of hydrogen-bond donors (Lipinski definition) is 0. The lowest BCUT2D eigenvalue weighted by molar-refractivity contribution is -0.385. The highest BCUT2D eigenvalue weighted by Crippen LogP contribution is 2.30. The molecule has 0 saturated heterocycles. The number of nitro benzene ring substituents is 1. The van der Waals surface area contributed by atoms with Crippen molar-refractivity contribution in [1.82, 2.24) is 4.98 Å². The van der Waals surface area contributed by atoms with Gasteiger partial charge in [-0.3, -0.25) is 10.1 Å². The van der Waals surface area contributed by atoms with Crippen LogP contribution in [0.2, 0.25) is 0 Å². The molecule has 0 N–H and O–H groups in total. The van der Waals surface area contributed by atoms with Gasteiger partial charge in [0, 0.05) is 17.7 Å². The number of nitro groups is 1. The largest absolute Gasteiger partial charge is 0.872 e. The summed E-state index contributed by atoms with van der Waals surface area (Å²) >= 11 is 0. The zero-order valence-corrected chi connectivity index (χ0v) is 16.5. The molecule has 0 fully saturated rings. The molecule has 1 heterocycles. The average Bonchev–Trinajstić information content (AvgIpc) is 2.73. The van der Waals surface area contributed by atoms with Gasteiger partial charge in [0.25, 0.3) is 5.69 Å². The van der Waals surface area contributed by atoms with Gasteiger partial charge in [0.05, 0.1) is 23.3 Å². The van der Waals surface area contributed by atoms with E-state index >= 15 is 0 Å². The van der Waals surface area contributed by atoms with Crippen molar-refractivity contribution in [3.63, 3.8) is 0 Å². The first-order valence-electron chi connectivity index (χ1n) is 9.69. The molecule has 0 radical (unpaired) electrons. The van der Waals surface area contributed by atoms with Gasteiger partial charge >= 0.3 is 5.63 Å². The van der Waals surface area contributed by atoms with Crippen LogP contribution in [0.1, 0.15) is 32.6 Å². The molecule has 0 saturated carbocycles. The van der Waals surface area contributed by atoms with E-state index in [0.29, 0.717) is 17.9 Å². The van der Waals surface area contributed by atoms with Gasteiger partial charge in [-0.25, -0.2) is 9.78 Å². The van der Waals surface area contributed by atoms with Crippen LogP contribution in [0, 0.1) is 10.1 Å². The third kappa shape index (κ3) is 5.22. The standard InChI is InChI=1S/C22H22N2O6/c1-2-3-4-5-12-29-17-9-6-15(7-10-17)22-23-19(14-21(26)30-22)18-13-16(24(27)28)8-11-20(18)25/h6-11,13-14,25H,2-5,12H2,1H3/p-1. The summed E-state index contributed by atoms with van der Waals surface area (Å²) < 4.78 is 10.9. The van der Waals surface area contributed by atoms with Crippen LogP contribution in [0.15, 0.2) is 57.7 Å². The van der Waals surface area contributed by atoms with E-state index in [1.165, 1.54) is 6.42 Å². The molecule has 2 aromatic carbocycles. The van der Waals surface area contributed by atoms with Crippen molar-refractivity contribution in [2.24, 2.45) is 0 Å². The topological polar surface area (TPSA) is 119 Å². The Morgan fingerprint density at radius 2 is 1.83 bits per heavy atom. The van der Waals surface area contributed by atoms with E-state index in [1.54, 1.807) is 24.3 Å². The van der Waals surface area contributed by atoms with Crippen LogP contribution in [-0.4, -0.2) is 16.5 Å².